The number of carbonyl (C=O) groups is 2. The molecule has 0 aliphatic rings. The van der Waals surface area contributed by atoms with E-state index in [1.54, 1.807) is 0 Å². The van der Waals surface area contributed by atoms with E-state index in [2.05, 4.69) is 99.0 Å². The monoisotopic (exact) mass is 1240 g/mol. The molecule has 0 aromatic heterocycles. The molecular weight excluding hydrogens is 1100 g/mol. The van der Waals surface area contributed by atoms with Crippen LogP contribution in [0.25, 0.3) is 0 Å². The van der Waals surface area contributed by atoms with Gasteiger partial charge in [0.1, 0.15) is 19.3 Å². The fourth-order valence-corrected chi connectivity index (χ4v) is 11.4. The Hall–Kier alpha value is -2.81. The minimum atomic E-state index is -4.47. The fraction of sp³-hybridized carbons (Fsp3) is 0.792. The lowest BCUT2D eigenvalue weighted by Gasteiger charge is -2.27. The molecule has 10 heteroatoms. The summed E-state index contributed by atoms with van der Waals surface area (Å²) in [6.07, 6.45) is 89.0. The predicted molar refractivity (Wildman–Crippen MR) is 378 cm³/mol. The Morgan fingerprint density at radius 2 is 0.736 bits per heavy atom. The van der Waals surface area contributed by atoms with E-state index in [-0.39, 0.29) is 31.5 Å². The summed E-state index contributed by atoms with van der Waals surface area (Å²) in [5, 5.41) is 3.07. The molecule has 0 radical (unpaired) electrons. The molecule has 506 valence electrons. The van der Waals surface area contributed by atoms with E-state index in [0.29, 0.717) is 23.9 Å². The van der Waals surface area contributed by atoms with Crippen molar-refractivity contribution >= 4 is 19.7 Å². The number of phosphoric ester groups is 1. The number of carbonyl (C=O) groups excluding carboxylic acids is 2. The predicted octanol–water partition coefficient (Wildman–Crippen LogP) is 23.7. The quantitative estimate of drug-likeness (QED) is 0.0205. The highest BCUT2D eigenvalue weighted by Crippen LogP contribution is 2.43. The van der Waals surface area contributed by atoms with E-state index >= 15 is 0 Å². The minimum Gasteiger partial charge on any atom is -0.456 e. The van der Waals surface area contributed by atoms with Gasteiger partial charge in [-0.15, -0.1) is 0 Å². The number of hydrogen-bond donors (Lipinski definition) is 2. The largest absolute Gasteiger partial charge is 0.472 e. The smallest absolute Gasteiger partial charge is 0.456 e. The number of esters is 1. The van der Waals surface area contributed by atoms with Gasteiger partial charge in [-0.05, 0) is 83.1 Å². The Balaban J connectivity index is 5.09. The first-order valence-corrected chi connectivity index (χ1v) is 38.4. The van der Waals surface area contributed by atoms with Gasteiger partial charge in [0.25, 0.3) is 0 Å². The van der Waals surface area contributed by atoms with Crippen LogP contribution in [-0.4, -0.2) is 74.3 Å². The maximum Gasteiger partial charge on any atom is 0.472 e. The lowest BCUT2D eigenvalue weighted by molar-refractivity contribution is -0.870. The summed E-state index contributed by atoms with van der Waals surface area (Å²) >= 11 is 0. The van der Waals surface area contributed by atoms with Crippen LogP contribution in [-0.2, 0) is 27.9 Å². The van der Waals surface area contributed by atoms with Crippen LogP contribution in [0.3, 0.4) is 0 Å². The molecule has 0 saturated carbocycles. The van der Waals surface area contributed by atoms with Crippen molar-refractivity contribution in [3.05, 3.63) is 85.1 Å². The van der Waals surface area contributed by atoms with Crippen LogP contribution in [0, 0.1) is 0 Å². The van der Waals surface area contributed by atoms with Crippen LogP contribution >= 0.6 is 7.82 Å². The van der Waals surface area contributed by atoms with Crippen LogP contribution in [0.5, 0.6) is 0 Å². The van der Waals surface area contributed by atoms with Gasteiger partial charge in [0.2, 0.25) is 5.91 Å². The van der Waals surface area contributed by atoms with Crippen LogP contribution in [0.15, 0.2) is 85.1 Å². The van der Waals surface area contributed by atoms with Crippen molar-refractivity contribution in [2.75, 3.05) is 40.9 Å². The zero-order chi connectivity index (χ0) is 63.5. The number of hydrogen-bond acceptors (Lipinski definition) is 6. The van der Waals surface area contributed by atoms with Crippen molar-refractivity contribution in [1.82, 2.24) is 5.32 Å². The zero-order valence-electron chi connectivity index (χ0n) is 58.0. The highest BCUT2D eigenvalue weighted by atomic mass is 31.2. The summed E-state index contributed by atoms with van der Waals surface area (Å²) in [7, 11) is 1.48. The number of quaternary nitrogens is 1. The molecule has 3 atom stereocenters. The second kappa shape index (κ2) is 66.1. The van der Waals surface area contributed by atoms with Gasteiger partial charge in [0.05, 0.1) is 33.8 Å². The molecule has 0 aliphatic heterocycles. The third-order valence-electron chi connectivity index (χ3n) is 16.3. The average Bonchev–Trinajstić information content (AvgIpc) is 3.70. The molecule has 9 nitrogen and oxygen atoms in total. The molecule has 0 bridgehead atoms. The maximum atomic E-state index is 13.6. The summed E-state index contributed by atoms with van der Waals surface area (Å²) in [4.78, 5) is 37.9. The third kappa shape index (κ3) is 67.4. The van der Waals surface area contributed by atoms with Crippen molar-refractivity contribution in [1.29, 1.82) is 0 Å². The van der Waals surface area contributed by atoms with E-state index in [1.807, 2.05) is 33.3 Å². The van der Waals surface area contributed by atoms with E-state index < -0.39 is 20.0 Å². The lowest BCUT2D eigenvalue weighted by atomic mass is 10.0. The fourth-order valence-electron chi connectivity index (χ4n) is 10.7. The van der Waals surface area contributed by atoms with Gasteiger partial charge < -0.3 is 19.4 Å². The van der Waals surface area contributed by atoms with Gasteiger partial charge in [-0.2, -0.15) is 0 Å². The Morgan fingerprint density at radius 1 is 0.414 bits per heavy atom. The van der Waals surface area contributed by atoms with E-state index in [0.717, 1.165) is 89.9 Å². The Labute approximate surface area is 539 Å². The number of nitrogens with one attached hydrogen (secondary N) is 1. The second-order valence-electron chi connectivity index (χ2n) is 26.1. The van der Waals surface area contributed by atoms with Crippen LogP contribution in [0.2, 0.25) is 0 Å². The zero-order valence-corrected chi connectivity index (χ0v) is 58.9. The summed E-state index contributed by atoms with van der Waals surface area (Å²) in [6, 6.07) is -0.870. The van der Waals surface area contributed by atoms with Gasteiger partial charge in [-0.3, -0.25) is 18.6 Å². The van der Waals surface area contributed by atoms with E-state index in [4.69, 9.17) is 13.8 Å². The van der Waals surface area contributed by atoms with Crippen molar-refractivity contribution in [3.63, 3.8) is 0 Å². The molecule has 1 amide bonds. The summed E-state index contributed by atoms with van der Waals surface area (Å²) in [6.45, 7) is 6.91. The Bertz CT molecular complexity index is 1760. The molecule has 0 aromatic rings. The molecule has 87 heavy (non-hydrogen) atoms. The first kappa shape index (κ1) is 84.2. The highest BCUT2D eigenvalue weighted by molar-refractivity contribution is 7.47. The number of likely N-dealkylation sites (N-methyl/N-ethyl adjacent to an activating group) is 1. The molecule has 2 N–H and O–H groups in total. The van der Waals surface area contributed by atoms with E-state index in [9.17, 15) is 19.0 Å². The summed E-state index contributed by atoms with van der Waals surface area (Å²) in [5.41, 5.74) is 0. The summed E-state index contributed by atoms with van der Waals surface area (Å²) in [5.74, 6) is -0.545. The van der Waals surface area contributed by atoms with Crippen molar-refractivity contribution in [3.8, 4) is 0 Å². The number of ether oxygens (including phenoxy) is 1. The number of phosphoric acid groups is 1. The molecule has 0 aliphatic carbocycles. The third-order valence-corrected chi connectivity index (χ3v) is 17.3. The van der Waals surface area contributed by atoms with Crippen LogP contribution < -0.4 is 5.32 Å². The van der Waals surface area contributed by atoms with Crippen molar-refractivity contribution in [2.24, 2.45) is 0 Å². The van der Waals surface area contributed by atoms with Gasteiger partial charge in [-0.25, -0.2) is 4.57 Å². The molecular formula is C77H142N2O7P+. The lowest BCUT2D eigenvalue weighted by Crippen LogP contribution is -2.47. The first-order chi connectivity index (χ1) is 42.4. The standard InChI is InChI=1S/C77H141N2O7P/c1-7-10-13-16-19-22-25-28-30-32-34-36-37-38-39-40-41-43-44-46-48-51-54-57-60-63-66-69-76(80)78-74(73-85-87(82,83)84-72-71-79(4,5)6)75(68-65-62-59-56-53-50-27-24-21-18-15-12-9-3)86-77(81)70-67-64-61-58-55-52-49-47-45-42-35-33-31-29-26-23-20-17-14-11-8-2/h11,14,20,23,29,31,35,42,47,49,55,58,65,68,74-75H,7-10,12-13,15-19,21-22,24-28,30,32-34,36-41,43-46,48,50-54,56-57,59-64,66-67,69-73H2,1-6H3,(H-,78,80,82,83)/p+1/b14-11-,23-20-,31-29-,42-35-,49-47-,58-55-,68-65+. The first-order valence-electron chi connectivity index (χ1n) is 36.9. The Morgan fingerprint density at radius 3 is 1.11 bits per heavy atom. The second-order valence-corrected chi connectivity index (χ2v) is 27.5. The maximum absolute atomic E-state index is 13.6. The molecule has 0 rings (SSSR count). The van der Waals surface area contributed by atoms with Crippen molar-refractivity contribution in [2.45, 2.75) is 354 Å². The van der Waals surface area contributed by atoms with Gasteiger partial charge >= 0.3 is 13.8 Å². The minimum absolute atomic E-state index is 0.0315. The number of amides is 1. The molecule has 0 saturated heterocycles. The van der Waals surface area contributed by atoms with Gasteiger partial charge in [-0.1, -0.05) is 331 Å². The molecule has 0 heterocycles. The number of rotatable bonds is 67. The van der Waals surface area contributed by atoms with Crippen LogP contribution in [0.1, 0.15) is 342 Å². The summed E-state index contributed by atoms with van der Waals surface area (Å²) < 4.78 is 30.8. The van der Waals surface area contributed by atoms with Gasteiger partial charge in [0, 0.05) is 12.8 Å². The Kier molecular flexibility index (Phi) is 64.0. The molecule has 0 spiro atoms. The van der Waals surface area contributed by atoms with E-state index in [1.165, 1.54) is 212 Å². The normalized spacial score (nSPS) is 14.0. The highest BCUT2D eigenvalue weighted by Gasteiger charge is 2.30. The number of nitrogens with zero attached hydrogens (tertiary/aromatic N) is 1. The van der Waals surface area contributed by atoms with Crippen molar-refractivity contribution < 1.29 is 37.3 Å². The SMILES string of the molecule is CC/C=C\C/C=C\C/C=C\C/C=C\C/C=C\C/C=C\CCCCC(=O)OC(/C=C/CCCCCCCCCCCCC)C(COP(=O)(O)OCC[N+](C)(C)C)NC(=O)CCCCCCCCCCCCCCCCCCCCCCCCCCCCC. The topological polar surface area (TPSA) is 111 Å². The molecule has 3 unspecified atom stereocenters. The number of unbranched alkanes of at least 4 members (excludes halogenated alkanes) is 39. The molecule has 0 aromatic carbocycles. The molecule has 0 fully saturated rings. The van der Waals surface area contributed by atoms with Crippen LogP contribution in [0.4, 0.5) is 0 Å². The van der Waals surface area contributed by atoms with Gasteiger partial charge in [0.15, 0.2) is 0 Å². The average molecular weight is 1240 g/mol. The number of allylic oxidation sites excluding steroid dienone is 13.